The molecule has 0 N–H and O–H groups in total. The maximum Gasteiger partial charge on any atom is 0.347 e. The zero-order chi connectivity index (χ0) is 16.3. The van der Waals surface area contributed by atoms with Crippen molar-refractivity contribution in [2.24, 2.45) is 0 Å². The predicted molar refractivity (Wildman–Crippen MR) is 94.0 cm³/mol. The molecule has 0 bridgehead atoms. The quantitative estimate of drug-likeness (QED) is 0.433. The summed E-state index contributed by atoms with van der Waals surface area (Å²) in [5.41, 5.74) is 0.335. The maximum absolute atomic E-state index is 12.4. The fraction of sp³-hybridized carbons (Fsp3) is 0.188. The Morgan fingerprint density at radius 1 is 1.05 bits per heavy atom. The van der Waals surface area contributed by atoms with Crippen molar-refractivity contribution in [3.63, 3.8) is 0 Å². The Labute approximate surface area is 150 Å². The predicted octanol–water partition coefficient (Wildman–Crippen LogP) is 5.87. The van der Waals surface area contributed by atoms with E-state index in [1.54, 1.807) is 36.4 Å². The van der Waals surface area contributed by atoms with Crippen molar-refractivity contribution >= 4 is 49.4 Å². The van der Waals surface area contributed by atoms with E-state index in [0.717, 1.165) is 8.95 Å². The van der Waals surface area contributed by atoms with Crippen LogP contribution in [0.2, 0.25) is 5.02 Å². The number of hydrogen-bond acceptors (Lipinski definition) is 3. The van der Waals surface area contributed by atoms with E-state index in [0.29, 0.717) is 22.1 Å². The lowest BCUT2D eigenvalue weighted by molar-refractivity contribution is 0.0728. The molecule has 116 valence electrons. The van der Waals surface area contributed by atoms with Gasteiger partial charge in [0.25, 0.3) is 0 Å². The Morgan fingerprint density at radius 3 is 2.23 bits per heavy atom. The van der Waals surface area contributed by atoms with Crippen LogP contribution in [-0.4, -0.2) is 12.1 Å². The summed E-state index contributed by atoms with van der Waals surface area (Å²) in [5.74, 6) is 0.239. The largest absolute Gasteiger partial charge is 0.490 e. The minimum absolute atomic E-state index is 0.0519. The van der Waals surface area contributed by atoms with Gasteiger partial charge in [0.05, 0.1) is 11.1 Å². The Hall–Kier alpha value is -1.04. The van der Waals surface area contributed by atoms with Gasteiger partial charge >= 0.3 is 5.97 Å². The molecule has 6 heteroatoms. The molecule has 22 heavy (non-hydrogen) atoms. The van der Waals surface area contributed by atoms with Gasteiger partial charge < -0.3 is 9.47 Å². The molecule has 0 aliphatic rings. The van der Waals surface area contributed by atoms with Crippen molar-refractivity contribution in [3.05, 3.63) is 55.9 Å². The average Bonchev–Trinajstić information content (AvgIpc) is 2.43. The molecule has 3 nitrogen and oxygen atoms in total. The SMILES string of the molecule is CC(C)Oc1ccc(Br)cc1C(=O)Oc1ccc(Br)cc1Cl. The Morgan fingerprint density at radius 2 is 1.64 bits per heavy atom. The fourth-order valence-corrected chi connectivity index (χ4v) is 2.80. The first kappa shape index (κ1) is 17.3. The lowest BCUT2D eigenvalue weighted by Crippen LogP contribution is -2.14. The topological polar surface area (TPSA) is 35.5 Å². The van der Waals surface area contributed by atoms with E-state index in [-0.39, 0.29) is 6.10 Å². The number of carbonyl (C=O) groups excluding carboxylic acids is 1. The molecule has 0 saturated carbocycles. The van der Waals surface area contributed by atoms with Gasteiger partial charge in [0.2, 0.25) is 0 Å². The number of benzene rings is 2. The molecule has 0 unspecified atom stereocenters. The summed E-state index contributed by atoms with van der Waals surface area (Å²) in [4.78, 5) is 12.4. The van der Waals surface area contributed by atoms with E-state index in [1.165, 1.54) is 0 Å². The molecule has 2 aromatic carbocycles. The molecule has 0 atom stereocenters. The number of carbonyl (C=O) groups is 1. The van der Waals surface area contributed by atoms with Crippen LogP contribution in [0.25, 0.3) is 0 Å². The van der Waals surface area contributed by atoms with Crippen molar-refractivity contribution in [1.29, 1.82) is 0 Å². The second-order valence-corrected chi connectivity index (χ2v) is 7.01. The molecule has 0 aliphatic carbocycles. The first-order valence-electron chi connectivity index (χ1n) is 6.50. The van der Waals surface area contributed by atoms with Gasteiger partial charge in [0, 0.05) is 8.95 Å². The number of halogens is 3. The Kier molecular flexibility index (Phi) is 5.89. The molecule has 0 heterocycles. The molecule has 0 saturated heterocycles. The van der Waals surface area contributed by atoms with Crippen LogP contribution in [0.5, 0.6) is 11.5 Å². The third-order valence-corrected chi connectivity index (χ3v) is 3.90. The molecule has 0 aromatic heterocycles. The third kappa shape index (κ3) is 4.48. The summed E-state index contributed by atoms with van der Waals surface area (Å²) in [6.45, 7) is 3.78. The van der Waals surface area contributed by atoms with Gasteiger partial charge in [-0.2, -0.15) is 0 Å². The molecule has 0 fully saturated rings. The minimum Gasteiger partial charge on any atom is -0.490 e. The fourth-order valence-electron chi connectivity index (χ4n) is 1.73. The minimum atomic E-state index is -0.527. The van der Waals surface area contributed by atoms with Gasteiger partial charge in [-0.1, -0.05) is 43.5 Å². The van der Waals surface area contributed by atoms with Crippen LogP contribution >= 0.6 is 43.5 Å². The number of esters is 1. The summed E-state index contributed by atoms with van der Waals surface area (Å²) >= 11 is 12.7. The van der Waals surface area contributed by atoms with Crippen LogP contribution in [0.15, 0.2) is 45.3 Å². The smallest absolute Gasteiger partial charge is 0.347 e. The monoisotopic (exact) mass is 446 g/mol. The van der Waals surface area contributed by atoms with Crippen LogP contribution < -0.4 is 9.47 Å². The summed E-state index contributed by atoms with van der Waals surface area (Å²) in [6, 6.07) is 10.2. The van der Waals surface area contributed by atoms with Crippen LogP contribution in [0.1, 0.15) is 24.2 Å². The highest BCUT2D eigenvalue weighted by molar-refractivity contribution is 9.10. The first-order valence-corrected chi connectivity index (χ1v) is 8.46. The second kappa shape index (κ2) is 7.49. The first-order chi connectivity index (χ1) is 10.4. The zero-order valence-corrected chi connectivity index (χ0v) is 15.8. The third-order valence-electron chi connectivity index (χ3n) is 2.62. The van der Waals surface area contributed by atoms with Gasteiger partial charge in [0.1, 0.15) is 17.1 Å². The van der Waals surface area contributed by atoms with E-state index < -0.39 is 5.97 Å². The highest BCUT2D eigenvalue weighted by Crippen LogP contribution is 2.30. The van der Waals surface area contributed by atoms with E-state index in [1.807, 2.05) is 13.8 Å². The van der Waals surface area contributed by atoms with Gasteiger partial charge in [-0.25, -0.2) is 4.79 Å². The highest BCUT2D eigenvalue weighted by Gasteiger charge is 2.18. The molecule has 0 spiro atoms. The number of ether oxygens (including phenoxy) is 2. The van der Waals surface area contributed by atoms with E-state index in [2.05, 4.69) is 31.9 Å². The van der Waals surface area contributed by atoms with Gasteiger partial charge in [-0.3, -0.25) is 0 Å². The van der Waals surface area contributed by atoms with E-state index in [9.17, 15) is 4.79 Å². The standard InChI is InChI=1S/C16H13Br2ClO3/c1-9(2)21-14-5-3-10(17)7-12(14)16(20)22-15-6-4-11(18)8-13(15)19/h3-9H,1-2H3. The Bertz CT molecular complexity index is 702. The lowest BCUT2D eigenvalue weighted by Gasteiger charge is -2.14. The molecule has 2 rings (SSSR count). The summed E-state index contributed by atoms with van der Waals surface area (Å²) < 4.78 is 12.6. The molecule has 0 amide bonds. The Balaban J connectivity index is 2.30. The second-order valence-electron chi connectivity index (χ2n) is 4.77. The summed E-state index contributed by atoms with van der Waals surface area (Å²) in [5, 5.41) is 0.351. The molecular weight excluding hydrogens is 435 g/mol. The average molecular weight is 449 g/mol. The van der Waals surface area contributed by atoms with Gasteiger partial charge in [-0.15, -0.1) is 0 Å². The van der Waals surface area contributed by atoms with Crippen molar-refractivity contribution in [3.8, 4) is 11.5 Å². The van der Waals surface area contributed by atoms with E-state index in [4.69, 9.17) is 21.1 Å². The lowest BCUT2D eigenvalue weighted by atomic mass is 10.2. The maximum atomic E-state index is 12.4. The molecule has 2 aromatic rings. The normalized spacial score (nSPS) is 10.6. The zero-order valence-electron chi connectivity index (χ0n) is 11.9. The van der Waals surface area contributed by atoms with Crippen molar-refractivity contribution in [1.82, 2.24) is 0 Å². The van der Waals surface area contributed by atoms with Crippen molar-refractivity contribution in [2.45, 2.75) is 20.0 Å². The highest BCUT2D eigenvalue weighted by atomic mass is 79.9. The number of rotatable bonds is 4. The molecular formula is C16H13Br2ClO3. The van der Waals surface area contributed by atoms with Gasteiger partial charge in [-0.05, 0) is 50.2 Å². The van der Waals surface area contributed by atoms with Crippen LogP contribution in [0.3, 0.4) is 0 Å². The van der Waals surface area contributed by atoms with E-state index >= 15 is 0 Å². The molecule has 0 aliphatic heterocycles. The van der Waals surface area contributed by atoms with Crippen LogP contribution in [0, 0.1) is 0 Å². The van der Waals surface area contributed by atoms with Crippen molar-refractivity contribution < 1.29 is 14.3 Å². The van der Waals surface area contributed by atoms with Gasteiger partial charge in [0.15, 0.2) is 0 Å². The molecule has 0 radical (unpaired) electrons. The van der Waals surface area contributed by atoms with Crippen LogP contribution in [0.4, 0.5) is 0 Å². The van der Waals surface area contributed by atoms with Crippen molar-refractivity contribution in [2.75, 3.05) is 0 Å². The van der Waals surface area contributed by atoms with Crippen LogP contribution in [-0.2, 0) is 0 Å². The summed E-state index contributed by atoms with van der Waals surface area (Å²) in [7, 11) is 0. The summed E-state index contributed by atoms with van der Waals surface area (Å²) in [6.07, 6.45) is -0.0519. The number of hydrogen-bond donors (Lipinski definition) is 0.